The van der Waals surface area contributed by atoms with E-state index in [4.69, 9.17) is 10.5 Å². The zero-order valence-electron chi connectivity index (χ0n) is 9.39. The predicted molar refractivity (Wildman–Crippen MR) is 73.4 cm³/mol. The van der Waals surface area contributed by atoms with E-state index >= 15 is 0 Å². The third kappa shape index (κ3) is 3.06. The van der Waals surface area contributed by atoms with E-state index in [0.29, 0.717) is 0 Å². The number of nitrogens with zero attached hydrogens (tertiary/aromatic N) is 1. The first-order chi connectivity index (χ1) is 8.20. The molecule has 17 heavy (non-hydrogen) atoms. The number of benzene rings is 1. The van der Waals surface area contributed by atoms with Gasteiger partial charge in [-0.2, -0.15) is 0 Å². The van der Waals surface area contributed by atoms with Crippen molar-refractivity contribution in [2.75, 3.05) is 7.11 Å². The molecule has 0 aliphatic carbocycles. The van der Waals surface area contributed by atoms with Crippen LogP contribution >= 0.6 is 27.3 Å². The summed E-state index contributed by atoms with van der Waals surface area (Å²) in [6.45, 7) is 0. The SMILES string of the molecule is COc1ccc(Br)c(C(N)Cc2nccs2)c1. The molecule has 0 aliphatic rings. The number of nitrogens with two attached hydrogens (primary N) is 1. The van der Waals surface area contributed by atoms with Crippen molar-refractivity contribution in [2.24, 2.45) is 5.73 Å². The monoisotopic (exact) mass is 312 g/mol. The first-order valence-electron chi connectivity index (χ1n) is 5.18. The minimum absolute atomic E-state index is 0.0781. The van der Waals surface area contributed by atoms with Crippen molar-refractivity contribution in [3.63, 3.8) is 0 Å². The molecule has 2 rings (SSSR count). The largest absolute Gasteiger partial charge is 0.497 e. The Bertz CT molecular complexity index is 487. The van der Waals surface area contributed by atoms with Gasteiger partial charge >= 0.3 is 0 Å². The molecule has 0 radical (unpaired) electrons. The molecule has 0 saturated carbocycles. The fraction of sp³-hybridized carbons (Fsp3) is 0.250. The highest BCUT2D eigenvalue weighted by molar-refractivity contribution is 9.10. The van der Waals surface area contributed by atoms with E-state index in [0.717, 1.165) is 27.2 Å². The van der Waals surface area contributed by atoms with Gasteiger partial charge in [0.15, 0.2) is 0 Å². The van der Waals surface area contributed by atoms with E-state index in [-0.39, 0.29) is 6.04 Å². The van der Waals surface area contributed by atoms with Crippen molar-refractivity contribution in [3.05, 3.63) is 44.8 Å². The number of methoxy groups -OCH3 is 1. The Morgan fingerprint density at radius 3 is 3.00 bits per heavy atom. The Hall–Kier alpha value is -0.910. The highest BCUT2D eigenvalue weighted by Gasteiger charge is 2.13. The van der Waals surface area contributed by atoms with Gasteiger partial charge in [-0.1, -0.05) is 15.9 Å². The lowest BCUT2D eigenvalue weighted by atomic mass is 10.0. The van der Waals surface area contributed by atoms with E-state index in [1.54, 1.807) is 24.6 Å². The quantitative estimate of drug-likeness (QED) is 0.943. The Morgan fingerprint density at radius 1 is 1.53 bits per heavy atom. The molecule has 0 amide bonds. The normalized spacial score (nSPS) is 12.4. The van der Waals surface area contributed by atoms with E-state index in [1.807, 2.05) is 23.6 Å². The highest BCUT2D eigenvalue weighted by atomic mass is 79.9. The summed E-state index contributed by atoms with van der Waals surface area (Å²) in [6.07, 6.45) is 2.54. The van der Waals surface area contributed by atoms with Crippen molar-refractivity contribution in [3.8, 4) is 5.75 Å². The lowest BCUT2D eigenvalue weighted by Crippen LogP contribution is -2.14. The molecule has 2 aromatic rings. The van der Waals surface area contributed by atoms with Gasteiger partial charge in [-0.25, -0.2) is 4.98 Å². The maximum absolute atomic E-state index is 6.19. The van der Waals surface area contributed by atoms with Crippen molar-refractivity contribution in [1.82, 2.24) is 4.98 Å². The maximum atomic E-state index is 6.19. The highest BCUT2D eigenvalue weighted by Crippen LogP contribution is 2.28. The van der Waals surface area contributed by atoms with Crippen LogP contribution in [0.1, 0.15) is 16.6 Å². The minimum Gasteiger partial charge on any atom is -0.497 e. The van der Waals surface area contributed by atoms with Crippen LogP contribution in [-0.4, -0.2) is 12.1 Å². The van der Waals surface area contributed by atoms with E-state index < -0.39 is 0 Å². The molecular weight excluding hydrogens is 300 g/mol. The molecule has 5 heteroatoms. The van der Waals surface area contributed by atoms with Crippen LogP contribution in [0.15, 0.2) is 34.2 Å². The zero-order chi connectivity index (χ0) is 12.3. The summed E-state index contributed by atoms with van der Waals surface area (Å²) in [5, 5.41) is 3.01. The first kappa shape index (κ1) is 12.5. The first-order valence-corrected chi connectivity index (χ1v) is 6.85. The Balaban J connectivity index is 2.20. The third-order valence-corrected chi connectivity index (χ3v) is 4.00. The smallest absolute Gasteiger partial charge is 0.119 e. The topological polar surface area (TPSA) is 48.1 Å². The summed E-state index contributed by atoms with van der Waals surface area (Å²) in [4.78, 5) is 4.25. The molecule has 1 unspecified atom stereocenters. The van der Waals surface area contributed by atoms with E-state index in [9.17, 15) is 0 Å². The van der Waals surface area contributed by atoms with Gasteiger partial charge in [0.1, 0.15) is 5.75 Å². The Labute approximate surface area is 113 Å². The molecule has 90 valence electrons. The Morgan fingerprint density at radius 2 is 2.35 bits per heavy atom. The lowest BCUT2D eigenvalue weighted by Gasteiger charge is -2.13. The number of thiazole rings is 1. The van der Waals surface area contributed by atoms with Crippen LogP contribution in [0.5, 0.6) is 5.75 Å². The molecule has 1 atom stereocenters. The molecule has 1 heterocycles. The summed E-state index contributed by atoms with van der Waals surface area (Å²) in [5.41, 5.74) is 7.23. The number of halogens is 1. The van der Waals surface area contributed by atoms with Crippen molar-refractivity contribution in [1.29, 1.82) is 0 Å². The van der Waals surface area contributed by atoms with Gasteiger partial charge in [0.25, 0.3) is 0 Å². The molecular formula is C12H13BrN2OS. The van der Waals surface area contributed by atoms with Crippen LogP contribution in [0.4, 0.5) is 0 Å². The van der Waals surface area contributed by atoms with E-state index in [1.165, 1.54) is 0 Å². The summed E-state index contributed by atoms with van der Waals surface area (Å²) < 4.78 is 6.21. The fourth-order valence-electron chi connectivity index (χ4n) is 1.58. The second-order valence-corrected chi connectivity index (χ2v) is 5.46. The molecule has 0 bridgehead atoms. The van der Waals surface area contributed by atoms with Crippen LogP contribution in [-0.2, 0) is 6.42 Å². The summed E-state index contributed by atoms with van der Waals surface area (Å²) in [7, 11) is 1.65. The molecule has 3 nitrogen and oxygen atoms in total. The number of ether oxygens (including phenoxy) is 1. The standard InChI is InChI=1S/C12H13BrN2OS/c1-16-8-2-3-10(13)9(6-8)11(14)7-12-15-4-5-17-12/h2-6,11H,7,14H2,1H3. The predicted octanol–water partition coefficient (Wildman–Crippen LogP) is 3.16. The number of hydrogen-bond donors (Lipinski definition) is 1. The molecule has 0 aliphatic heterocycles. The molecule has 0 saturated heterocycles. The molecule has 1 aromatic heterocycles. The van der Waals surface area contributed by atoms with Crippen LogP contribution in [0.25, 0.3) is 0 Å². The molecule has 0 spiro atoms. The van der Waals surface area contributed by atoms with Gasteiger partial charge in [-0.05, 0) is 23.8 Å². The molecule has 1 aromatic carbocycles. The van der Waals surface area contributed by atoms with Gasteiger partial charge in [-0.15, -0.1) is 11.3 Å². The summed E-state index contributed by atoms with van der Waals surface area (Å²) in [5.74, 6) is 0.817. The number of rotatable bonds is 4. The second kappa shape index (κ2) is 5.62. The van der Waals surface area contributed by atoms with Crippen LogP contribution in [0, 0.1) is 0 Å². The zero-order valence-corrected chi connectivity index (χ0v) is 11.8. The summed E-state index contributed by atoms with van der Waals surface area (Å²) >= 11 is 5.14. The third-order valence-electron chi connectivity index (χ3n) is 2.48. The van der Waals surface area contributed by atoms with Crippen molar-refractivity contribution >= 4 is 27.3 Å². The van der Waals surface area contributed by atoms with Gasteiger partial charge < -0.3 is 10.5 Å². The number of hydrogen-bond acceptors (Lipinski definition) is 4. The van der Waals surface area contributed by atoms with Crippen molar-refractivity contribution < 1.29 is 4.74 Å². The fourth-order valence-corrected chi connectivity index (χ4v) is 2.80. The van der Waals surface area contributed by atoms with Crippen LogP contribution < -0.4 is 10.5 Å². The van der Waals surface area contributed by atoms with Crippen LogP contribution in [0.2, 0.25) is 0 Å². The minimum atomic E-state index is -0.0781. The van der Waals surface area contributed by atoms with Gasteiger partial charge in [0.2, 0.25) is 0 Å². The van der Waals surface area contributed by atoms with Gasteiger partial charge in [-0.3, -0.25) is 0 Å². The van der Waals surface area contributed by atoms with E-state index in [2.05, 4.69) is 20.9 Å². The Kier molecular flexibility index (Phi) is 4.15. The lowest BCUT2D eigenvalue weighted by molar-refractivity contribution is 0.413. The molecule has 0 fully saturated rings. The average molecular weight is 313 g/mol. The molecule has 2 N–H and O–H groups in total. The van der Waals surface area contributed by atoms with Crippen LogP contribution in [0.3, 0.4) is 0 Å². The maximum Gasteiger partial charge on any atom is 0.119 e. The van der Waals surface area contributed by atoms with Crippen molar-refractivity contribution in [2.45, 2.75) is 12.5 Å². The van der Waals surface area contributed by atoms with Gasteiger partial charge in [0, 0.05) is 28.5 Å². The second-order valence-electron chi connectivity index (χ2n) is 3.62. The van der Waals surface area contributed by atoms with Gasteiger partial charge in [0.05, 0.1) is 12.1 Å². The number of aromatic nitrogens is 1. The summed E-state index contributed by atoms with van der Waals surface area (Å²) in [6, 6.07) is 5.74. The average Bonchev–Trinajstić information content (AvgIpc) is 2.82.